The van der Waals surface area contributed by atoms with Gasteiger partial charge >= 0.3 is 0 Å². The van der Waals surface area contributed by atoms with E-state index in [0.717, 1.165) is 0 Å². The van der Waals surface area contributed by atoms with E-state index in [9.17, 15) is 19.8 Å². The lowest BCUT2D eigenvalue weighted by atomic mass is 9.73. The van der Waals surface area contributed by atoms with E-state index in [4.69, 9.17) is 9.15 Å². The van der Waals surface area contributed by atoms with E-state index in [-0.39, 0.29) is 33.6 Å². The summed E-state index contributed by atoms with van der Waals surface area (Å²) in [4.78, 5) is 28.2. The van der Waals surface area contributed by atoms with Crippen molar-refractivity contribution in [2.75, 3.05) is 0 Å². The molecule has 2 heterocycles. The summed E-state index contributed by atoms with van der Waals surface area (Å²) in [6.45, 7) is 0. The molecule has 0 aliphatic carbocycles. The highest BCUT2D eigenvalue weighted by Crippen LogP contribution is 2.51. The Kier molecular flexibility index (Phi) is 4.89. The maximum absolute atomic E-state index is 14.1. The molecular formula is C30H20O6. The van der Waals surface area contributed by atoms with Crippen molar-refractivity contribution < 1.29 is 24.2 Å². The lowest BCUT2D eigenvalue weighted by molar-refractivity contribution is -0.256. The molecular weight excluding hydrogens is 456 g/mol. The van der Waals surface area contributed by atoms with Gasteiger partial charge in [-0.3, -0.25) is 9.59 Å². The maximum Gasteiger partial charge on any atom is 0.276 e. The summed E-state index contributed by atoms with van der Waals surface area (Å²) >= 11 is 0. The summed E-state index contributed by atoms with van der Waals surface area (Å²) in [7, 11) is 0. The first-order valence-corrected chi connectivity index (χ1v) is 11.4. The molecule has 1 aromatic heterocycles. The van der Waals surface area contributed by atoms with Crippen molar-refractivity contribution in [1.82, 2.24) is 0 Å². The topological polar surface area (TPSA) is 97.0 Å². The van der Waals surface area contributed by atoms with Crippen molar-refractivity contribution >= 4 is 16.8 Å². The molecule has 6 nitrogen and oxygen atoms in total. The van der Waals surface area contributed by atoms with Crippen molar-refractivity contribution in [2.45, 2.75) is 11.4 Å². The number of ketones is 1. The van der Waals surface area contributed by atoms with Crippen LogP contribution in [-0.4, -0.2) is 16.0 Å². The number of carbonyl (C=O) groups excluding carboxylic acids is 1. The predicted octanol–water partition coefficient (Wildman–Crippen LogP) is 4.77. The molecule has 1 aliphatic rings. The minimum Gasteiger partial charge on any atom is -0.455 e. The first-order chi connectivity index (χ1) is 17.4. The molecule has 5 aromatic rings. The van der Waals surface area contributed by atoms with Crippen molar-refractivity contribution in [3.8, 4) is 17.1 Å². The van der Waals surface area contributed by atoms with Crippen molar-refractivity contribution in [2.24, 2.45) is 0 Å². The minimum absolute atomic E-state index is 0.0344. The largest absolute Gasteiger partial charge is 0.455 e. The van der Waals surface area contributed by atoms with Crippen molar-refractivity contribution in [1.29, 1.82) is 0 Å². The van der Waals surface area contributed by atoms with Crippen LogP contribution < -0.4 is 10.2 Å². The maximum atomic E-state index is 14.1. The second-order valence-electron chi connectivity index (χ2n) is 8.65. The Morgan fingerprint density at radius 3 is 2.03 bits per heavy atom. The SMILES string of the molecule is O=C1c2ccccc2OC(O)(c2ccccc2)C1(O)c1c(-c2ccccc2)oc2ccccc2c1=O. The summed E-state index contributed by atoms with van der Waals surface area (Å²) in [5.41, 5.74) is -3.04. The van der Waals surface area contributed by atoms with Crippen LogP contribution in [0, 0.1) is 0 Å². The van der Waals surface area contributed by atoms with Crippen LogP contribution in [0.5, 0.6) is 5.75 Å². The lowest BCUT2D eigenvalue weighted by Crippen LogP contribution is -2.62. The van der Waals surface area contributed by atoms with Gasteiger partial charge in [-0.25, -0.2) is 0 Å². The third-order valence-electron chi connectivity index (χ3n) is 6.57. The van der Waals surface area contributed by atoms with E-state index in [2.05, 4.69) is 0 Å². The highest BCUT2D eigenvalue weighted by atomic mass is 16.6. The lowest BCUT2D eigenvalue weighted by Gasteiger charge is -2.45. The summed E-state index contributed by atoms with van der Waals surface area (Å²) in [6, 6.07) is 29.6. The van der Waals surface area contributed by atoms with Gasteiger partial charge in [-0.1, -0.05) is 84.9 Å². The molecule has 0 radical (unpaired) electrons. The zero-order valence-electron chi connectivity index (χ0n) is 18.9. The van der Waals surface area contributed by atoms with Gasteiger partial charge < -0.3 is 19.4 Å². The normalized spacial score (nSPS) is 21.1. The summed E-state index contributed by atoms with van der Waals surface area (Å²) in [6.07, 6.45) is 0. The summed E-state index contributed by atoms with van der Waals surface area (Å²) in [5.74, 6) is -3.46. The van der Waals surface area contributed by atoms with Crippen LogP contribution in [0.4, 0.5) is 0 Å². The first-order valence-electron chi connectivity index (χ1n) is 11.4. The highest BCUT2D eigenvalue weighted by Gasteiger charge is 2.65. The molecule has 2 N–H and O–H groups in total. The minimum atomic E-state index is -2.85. The third-order valence-corrected chi connectivity index (χ3v) is 6.57. The average Bonchev–Trinajstić information content (AvgIpc) is 2.93. The van der Waals surface area contributed by atoms with Gasteiger partial charge in [-0.15, -0.1) is 0 Å². The number of fused-ring (bicyclic) bond motifs is 2. The molecule has 0 fully saturated rings. The number of Topliss-reactive ketones (excluding diaryl/α,β-unsaturated/α-hetero) is 1. The number of aliphatic hydroxyl groups is 2. The van der Waals surface area contributed by atoms with Gasteiger partial charge in [0.2, 0.25) is 11.4 Å². The fourth-order valence-electron chi connectivity index (χ4n) is 4.80. The summed E-state index contributed by atoms with van der Waals surface area (Å²) < 4.78 is 12.2. The number of hydrogen-bond donors (Lipinski definition) is 2. The zero-order chi connectivity index (χ0) is 24.9. The molecule has 1 aliphatic heterocycles. The predicted molar refractivity (Wildman–Crippen MR) is 134 cm³/mol. The molecule has 176 valence electrons. The smallest absolute Gasteiger partial charge is 0.276 e. The van der Waals surface area contributed by atoms with Crippen LogP contribution in [0.1, 0.15) is 21.5 Å². The Labute approximate surface area is 205 Å². The van der Waals surface area contributed by atoms with Crippen LogP contribution in [0.25, 0.3) is 22.3 Å². The standard InChI is InChI=1S/C30H20O6/c31-26-21-15-7-9-17-23(21)35-27(19-11-3-1-4-12-19)25(26)29(33)28(32)22-16-8-10-18-24(22)36-30(29,34)20-13-5-2-6-14-20/h1-18,33-34H. The first kappa shape index (κ1) is 22.0. The number of ether oxygens (including phenoxy) is 1. The van der Waals surface area contributed by atoms with E-state index in [1.165, 1.54) is 24.3 Å². The molecule has 0 spiro atoms. The third kappa shape index (κ3) is 2.99. The molecule has 2 unspecified atom stereocenters. The molecule has 2 atom stereocenters. The van der Waals surface area contributed by atoms with Crippen LogP contribution >= 0.6 is 0 Å². The van der Waals surface area contributed by atoms with Crippen LogP contribution in [-0.2, 0) is 11.4 Å². The van der Waals surface area contributed by atoms with Crippen LogP contribution in [0.2, 0.25) is 0 Å². The number of hydrogen-bond acceptors (Lipinski definition) is 6. The molecule has 4 aromatic carbocycles. The Bertz CT molecular complexity index is 1680. The molecule has 0 saturated heterocycles. The Morgan fingerprint density at radius 2 is 1.28 bits per heavy atom. The fourth-order valence-corrected chi connectivity index (χ4v) is 4.80. The zero-order valence-corrected chi connectivity index (χ0v) is 18.9. The average molecular weight is 476 g/mol. The van der Waals surface area contributed by atoms with Crippen molar-refractivity contribution in [3.05, 3.63) is 136 Å². The van der Waals surface area contributed by atoms with E-state index in [0.29, 0.717) is 5.56 Å². The fraction of sp³-hybridized carbons (Fsp3) is 0.0667. The molecule has 0 amide bonds. The van der Waals surface area contributed by atoms with Gasteiger partial charge in [0.05, 0.1) is 16.5 Å². The molecule has 6 heteroatoms. The number of carbonyl (C=O) groups is 1. The second-order valence-corrected chi connectivity index (χ2v) is 8.65. The van der Waals surface area contributed by atoms with Gasteiger partial charge in [0.1, 0.15) is 17.1 Å². The van der Waals surface area contributed by atoms with E-state index < -0.39 is 28.2 Å². The molecule has 36 heavy (non-hydrogen) atoms. The second kappa shape index (κ2) is 8.02. The van der Waals surface area contributed by atoms with E-state index in [1.54, 1.807) is 84.9 Å². The Balaban J connectivity index is 1.78. The van der Waals surface area contributed by atoms with Gasteiger partial charge in [-0.05, 0) is 24.3 Å². The van der Waals surface area contributed by atoms with Gasteiger partial charge in [0.15, 0.2) is 5.43 Å². The van der Waals surface area contributed by atoms with E-state index in [1.807, 2.05) is 0 Å². The van der Waals surface area contributed by atoms with Gasteiger partial charge in [0, 0.05) is 11.1 Å². The Morgan fingerprint density at radius 1 is 0.667 bits per heavy atom. The van der Waals surface area contributed by atoms with E-state index >= 15 is 0 Å². The summed E-state index contributed by atoms with van der Waals surface area (Å²) in [5, 5.41) is 24.7. The van der Waals surface area contributed by atoms with Gasteiger partial charge in [-0.2, -0.15) is 0 Å². The molecule has 0 saturated carbocycles. The van der Waals surface area contributed by atoms with Crippen LogP contribution in [0.3, 0.4) is 0 Å². The van der Waals surface area contributed by atoms with Gasteiger partial charge in [0.25, 0.3) is 5.79 Å². The molecule has 6 rings (SSSR count). The number of para-hydroxylation sites is 2. The molecule has 0 bridgehead atoms. The number of benzene rings is 4. The Hall–Kier alpha value is -4.52. The van der Waals surface area contributed by atoms with Crippen molar-refractivity contribution in [3.63, 3.8) is 0 Å². The highest BCUT2D eigenvalue weighted by molar-refractivity contribution is 6.08. The monoisotopic (exact) mass is 476 g/mol. The van der Waals surface area contributed by atoms with Crippen LogP contribution in [0.15, 0.2) is 118 Å². The number of rotatable bonds is 3. The quantitative estimate of drug-likeness (QED) is 0.390.